The summed E-state index contributed by atoms with van der Waals surface area (Å²) in [7, 11) is 0. The molecule has 1 aliphatic heterocycles. The number of rotatable bonds is 2. The van der Waals surface area contributed by atoms with E-state index in [9.17, 15) is 4.79 Å². The highest BCUT2D eigenvalue weighted by molar-refractivity contribution is 7.15. The Morgan fingerprint density at radius 1 is 1.64 bits per heavy atom. The Hall–Kier alpha value is -0.680. The lowest BCUT2D eigenvalue weighted by atomic mass is 10.2. The predicted molar refractivity (Wildman–Crippen MR) is 55.8 cm³/mol. The molecule has 1 aromatic heterocycles. The van der Waals surface area contributed by atoms with Crippen LogP contribution in [0, 0.1) is 12.8 Å². The molecule has 4 nitrogen and oxygen atoms in total. The first-order chi connectivity index (χ1) is 6.70. The minimum absolute atomic E-state index is 0.104. The zero-order valence-corrected chi connectivity index (χ0v) is 9.31. The van der Waals surface area contributed by atoms with E-state index in [0.717, 1.165) is 5.01 Å². The number of carbonyl (C=O) groups is 1. The molecule has 1 atom stereocenters. The second kappa shape index (κ2) is 3.82. The zero-order valence-electron chi connectivity index (χ0n) is 7.73. The standard InChI is InChI=1S/C8H10ClN3OS/c1-5-10-11-8(14-5)12-4-6(3-9)2-7(12)13/h6H,2-4H2,1H3. The van der Waals surface area contributed by atoms with Gasteiger partial charge in [-0.3, -0.25) is 9.69 Å². The van der Waals surface area contributed by atoms with Crippen LogP contribution in [0.5, 0.6) is 0 Å². The molecule has 1 unspecified atom stereocenters. The number of hydrogen-bond donors (Lipinski definition) is 0. The lowest BCUT2D eigenvalue weighted by Crippen LogP contribution is -2.24. The number of alkyl halides is 1. The molecule has 6 heteroatoms. The van der Waals surface area contributed by atoms with Gasteiger partial charge in [0.05, 0.1) is 0 Å². The van der Waals surface area contributed by atoms with E-state index in [1.165, 1.54) is 11.3 Å². The fourth-order valence-electron chi connectivity index (χ4n) is 1.47. The van der Waals surface area contributed by atoms with Crippen molar-refractivity contribution in [2.75, 3.05) is 17.3 Å². The van der Waals surface area contributed by atoms with Gasteiger partial charge < -0.3 is 0 Å². The van der Waals surface area contributed by atoms with Gasteiger partial charge in [-0.1, -0.05) is 11.3 Å². The first-order valence-corrected chi connectivity index (χ1v) is 5.72. The fourth-order valence-corrected chi connectivity index (χ4v) is 2.39. The number of hydrogen-bond acceptors (Lipinski definition) is 4. The topological polar surface area (TPSA) is 46.1 Å². The molecule has 2 heterocycles. The van der Waals surface area contributed by atoms with Gasteiger partial charge in [0.15, 0.2) is 0 Å². The molecular weight excluding hydrogens is 222 g/mol. The SMILES string of the molecule is Cc1nnc(N2CC(CCl)CC2=O)s1. The zero-order chi connectivity index (χ0) is 10.1. The number of carbonyl (C=O) groups excluding carboxylic acids is 1. The van der Waals surface area contributed by atoms with Crippen LogP contribution in [0.4, 0.5) is 5.13 Å². The Morgan fingerprint density at radius 2 is 2.43 bits per heavy atom. The van der Waals surface area contributed by atoms with E-state index in [1.807, 2.05) is 6.92 Å². The second-order valence-electron chi connectivity index (χ2n) is 3.33. The molecule has 1 amide bonds. The molecule has 0 N–H and O–H groups in total. The monoisotopic (exact) mass is 231 g/mol. The first kappa shape index (κ1) is 9.86. The van der Waals surface area contributed by atoms with Crippen molar-refractivity contribution >= 4 is 34.0 Å². The number of amides is 1. The van der Waals surface area contributed by atoms with Crippen LogP contribution in [0.15, 0.2) is 0 Å². The van der Waals surface area contributed by atoms with E-state index in [1.54, 1.807) is 4.90 Å². The summed E-state index contributed by atoms with van der Waals surface area (Å²) in [5, 5.41) is 9.41. The summed E-state index contributed by atoms with van der Waals surface area (Å²) < 4.78 is 0. The summed E-state index contributed by atoms with van der Waals surface area (Å²) in [6, 6.07) is 0. The second-order valence-corrected chi connectivity index (χ2v) is 4.80. The molecule has 1 saturated heterocycles. The minimum atomic E-state index is 0.104. The first-order valence-electron chi connectivity index (χ1n) is 4.37. The van der Waals surface area contributed by atoms with E-state index in [0.29, 0.717) is 24.0 Å². The highest BCUT2D eigenvalue weighted by Crippen LogP contribution is 2.27. The maximum atomic E-state index is 11.6. The number of halogens is 1. The van der Waals surface area contributed by atoms with Crippen molar-refractivity contribution in [1.82, 2.24) is 10.2 Å². The van der Waals surface area contributed by atoms with Gasteiger partial charge in [0.25, 0.3) is 0 Å². The smallest absolute Gasteiger partial charge is 0.229 e. The maximum absolute atomic E-state index is 11.6. The van der Waals surface area contributed by atoms with Crippen LogP contribution in [-0.4, -0.2) is 28.5 Å². The molecule has 1 aliphatic rings. The summed E-state index contributed by atoms with van der Waals surface area (Å²) in [6.45, 7) is 2.55. The third-order valence-electron chi connectivity index (χ3n) is 2.17. The summed E-state index contributed by atoms with van der Waals surface area (Å²) >= 11 is 7.16. The molecule has 1 aromatic rings. The van der Waals surface area contributed by atoms with Crippen LogP contribution in [0.25, 0.3) is 0 Å². The van der Waals surface area contributed by atoms with Crippen molar-refractivity contribution in [3.05, 3.63) is 5.01 Å². The average Bonchev–Trinajstić information content (AvgIpc) is 2.71. The van der Waals surface area contributed by atoms with Crippen LogP contribution in [0.2, 0.25) is 0 Å². The van der Waals surface area contributed by atoms with Crippen molar-refractivity contribution in [2.45, 2.75) is 13.3 Å². The lowest BCUT2D eigenvalue weighted by molar-refractivity contribution is -0.117. The lowest BCUT2D eigenvalue weighted by Gasteiger charge is -2.10. The van der Waals surface area contributed by atoms with Crippen molar-refractivity contribution < 1.29 is 4.79 Å². The van der Waals surface area contributed by atoms with Crippen LogP contribution in [-0.2, 0) is 4.79 Å². The Labute approximate surface area is 90.9 Å². The van der Waals surface area contributed by atoms with Gasteiger partial charge in [-0.15, -0.1) is 21.8 Å². The van der Waals surface area contributed by atoms with Gasteiger partial charge in [-0.25, -0.2) is 0 Å². The van der Waals surface area contributed by atoms with Crippen LogP contribution < -0.4 is 4.90 Å². The van der Waals surface area contributed by atoms with Crippen molar-refractivity contribution in [2.24, 2.45) is 5.92 Å². The molecule has 0 spiro atoms. The van der Waals surface area contributed by atoms with E-state index < -0.39 is 0 Å². The highest BCUT2D eigenvalue weighted by Gasteiger charge is 2.31. The van der Waals surface area contributed by atoms with Crippen LogP contribution in [0.1, 0.15) is 11.4 Å². The number of aromatic nitrogens is 2. The van der Waals surface area contributed by atoms with Gasteiger partial charge in [0.2, 0.25) is 11.0 Å². The van der Waals surface area contributed by atoms with Crippen molar-refractivity contribution in [1.29, 1.82) is 0 Å². The van der Waals surface area contributed by atoms with Crippen LogP contribution in [0.3, 0.4) is 0 Å². The number of aryl methyl sites for hydroxylation is 1. The molecule has 76 valence electrons. The van der Waals surface area contributed by atoms with E-state index in [2.05, 4.69) is 10.2 Å². The third-order valence-corrected chi connectivity index (χ3v) is 3.47. The van der Waals surface area contributed by atoms with Gasteiger partial charge in [-0.05, 0) is 12.8 Å². The third kappa shape index (κ3) is 1.74. The Bertz CT molecular complexity index is 354. The largest absolute Gasteiger partial charge is 0.286 e. The molecular formula is C8H10ClN3OS. The molecule has 0 radical (unpaired) electrons. The summed E-state index contributed by atoms with van der Waals surface area (Å²) in [5.74, 6) is 0.889. The maximum Gasteiger partial charge on any atom is 0.229 e. The Balaban J connectivity index is 2.16. The predicted octanol–water partition coefficient (Wildman–Crippen LogP) is 1.44. The Morgan fingerprint density at radius 3 is 2.93 bits per heavy atom. The van der Waals surface area contributed by atoms with E-state index in [-0.39, 0.29) is 11.8 Å². The van der Waals surface area contributed by atoms with Gasteiger partial charge in [0.1, 0.15) is 5.01 Å². The van der Waals surface area contributed by atoms with Gasteiger partial charge >= 0.3 is 0 Å². The summed E-state index contributed by atoms with van der Waals surface area (Å²) in [6.07, 6.45) is 0.530. The van der Waals surface area contributed by atoms with Gasteiger partial charge in [-0.2, -0.15) is 0 Å². The number of nitrogens with zero attached hydrogens (tertiary/aromatic N) is 3. The quantitative estimate of drug-likeness (QED) is 0.724. The normalized spacial score (nSPS) is 22.0. The summed E-state index contributed by atoms with van der Waals surface area (Å²) in [5.41, 5.74) is 0. The van der Waals surface area contributed by atoms with E-state index in [4.69, 9.17) is 11.6 Å². The minimum Gasteiger partial charge on any atom is -0.286 e. The average molecular weight is 232 g/mol. The molecule has 0 saturated carbocycles. The van der Waals surface area contributed by atoms with Gasteiger partial charge in [0, 0.05) is 18.8 Å². The fraction of sp³-hybridized carbons (Fsp3) is 0.625. The molecule has 1 fully saturated rings. The highest BCUT2D eigenvalue weighted by atomic mass is 35.5. The molecule has 0 bridgehead atoms. The Kier molecular flexibility index (Phi) is 2.69. The summed E-state index contributed by atoms with van der Waals surface area (Å²) in [4.78, 5) is 13.2. The van der Waals surface area contributed by atoms with E-state index >= 15 is 0 Å². The van der Waals surface area contributed by atoms with Crippen LogP contribution >= 0.6 is 22.9 Å². The number of anilines is 1. The van der Waals surface area contributed by atoms with Crippen molar-refractivity contribution in [3.63, 3.8) is 0 Å². The molecule has 0 aliphatic carbocycles. The molecule has 14 heavy (non-hydrogen) atoms. The van der Waals surface area contributed by atoms with Crippen molar-refractivity contribution in [3.8, 4) is 0 Å². The molecule has 0 aromatic carbocycles. The molecule has 2 rings (SSSR count).